The summed E-state index contributed by atoms with van der Waals surface area (Å²) in [4.78, 5) is 177. The number of fused-ring (bicyclic) bond motifs is 2. The van der Waals surface area contributed by atoms with Gasteiger partial charge in [0.2, 0.25) is 53.2 Å². The third-order valence-corrected chi connectivity index (χ3v) is 15.7. The quantitative estimate of drug-likeness (QED) is 0.0174. The molecule has 2 aromatic heterocycles. The lowest BCUT2D eigenvalue weighted by atomic mass is 10.1. The summed E-state index contributed by atoms with van der Waals surface area (Å²) in [7, 11) is 0. The van der Waals surface area contributed by atoms with Gasteiger partial charge in [-0.05, 0) is 62.8 Å². The number of carbonyl (C=O) groups is 13. The molecule has 6 rings (SSSR count). The lowest BCUT2D eigenvalue weighted by Crippen LogP contribution is -2.55. The van der Waals surface area contributed by atoms with Gasteiger partial charge in [0, 0.05) is 80.5 Å². The van der Waals surface area contributed by atoms with Crippen LogP contribution in [0.5, 0.6) is 0 Å². The van der Waals surface area contributed by atoms with Crippen LogP contribution in [0.15, 0.2) is 60.9 Å². The van der Waals surface area contributed by atoms with Crippen LogP contribution in [-0.2, 0) is 52.7 Å². The summed E-state index contributed by atoms with van der Waals surface area (Å²) in [5, 5.41) is 59.9. The summed E-state index contributed by atoms with van der Waals surface area (Å²) < 4.78 is 55.8. The van der Waals surface area contributed by atoms with Crippen LogP contribution in [0.1, 0.15) is 104 Å². The fourth-order valence-corrected chi connectivity index (χ4v) is 10.6. The van der Waals surface area contributed by atoms with Crippen molar-refractivity contribution >= 4 is 123 Å². The van der Waals surface area contributed by atoms with E-state index in [2.05, 4.69) is 70.4 Å². The van der Waals surface area contributed by atoms with Crippen LogP contribution in [0.25, 0.3) is 21.8 Å². The largest absolute Gasteiger partial charge is 0.481 e. The second-order valence-corrected chi connectivity index (χ2v) is 23.0. The van der Waals surface area contributed by atoms with Gasteiger partial charge in [-0.25, -0.2) is 22.4 Å². The maximum Gasteiger partial charge on any atom is 0.327 e. The summed E-state index contributed by atoms with van der Waals surface area (Å²) in [5.41, 5.74) is 6.64. The van der Waals surface area contributed by atoms with Gasteiger partial charge in [0.05, 0.1) is 84.3 Å². The molecule has 4 aromatic rings. The predicted octanol–water partition coefficient (Wildman–Crippen LogP) is 0.744. The first kappa shape index (κ1) is 75.4. The number of nitrogens with one attached hydrogen (secondary N) is 9. The Bertz CT molecular complexity index is 3760. The number of likely N-dealkylation sites (tertiary alicyclic amines) is 2. The first-order valence-electron chi connectivity index (χ1n) is 30.3. The number of carboxylic acids is 2. The van der Waals surface area contributed by atoms with Crippen LogP contribution >= 0.6 is 12.6 Å². The monoisotopic (exact) mass is 1370 g/mol. The van der Waals surface area contributed by atoms with Crippen LogP contribution in [0.2, 0.25) is 0 Å². The van der Waals surface area contributed by atoms with Crippen molar-refractivity contribution in [2.24, 2.45) is 5.73 Å². The molecule has 2 aromatic carbocycles. The lowest BCUT2D eigenvalue weighted by Gasteiger charge is -2.21. The Morgan fingerprint density at radius 2 is 1.04 bits per heavy atom. The smallest absolute Gasteiger partial charge is 0.327 e. The molecule has 0 aliphatic carbocycles. The molecule has 0 spiro atoms. The first-order valence-corrected chi connectivity index (χ1v) is 31.0. The average molecular weight is 1380 g/mol. The Morgan fingerprint density at radius 3 is 1.52 bits per heavy atom. The fourth-order valence-electron chi connectivity index (χ4n) is 10.3. The van der Waals surface area contributed by atoms with E-state index in [1.165, 1.54) is 60.9 Å². The van der Waals surface area contributed by atoms with E-state index in [-0.39, 0.29) is 115 Å². The minimum atomic E-state index is -3.27. The number of nitriles is 2. The van der Waals surface area contributed by atoms with Gasteiger partial charge < -0.3 is 73.6 Å². The molecule has 4 unspecified atom stereocenters. The van der Waals surface area contributed by atoms with Crippen molar-refractivity contribution in [3.63, 3.8) is 0 Å². The Balaban J connectivity index is 1.00. The van der Waals surface area contributed by atoms with Crippen molar-refractivity contribution < 1.29 is 90.1 Å². The number of para-hydroxylation sites is 2. The summed E-state index contributed by atoms with van der Waals surface area (Å²) in [6.45, 7) is -3.29. The van der Waals surface area contributed by atoms with Crippen molar-refractivity contribution in [2.75, 3.05) is 55.7 Å². The van der Waals surface area contributed by atoms with Crippen molar-refractivity contribution in [3.8, 4) is 12.1 Å². The molecule has 31 nitrogen and oxygen atoms in total. The molecule has 4 heterocycles. The zero-order chi connectivity index (χ0) is 71.1. The van der Waals surface area contributed by atoms with E-state index >= 15 is 0 Å². The van der Waals surface area contributed by atoms with Gasteiger partial charge in [-0.2, -0.15) is 23.2 Å². The van der Waals surface area contributed by atoms with Crippen LogP contribution in [0.4, 0.5) is 28.9 Å². The van der Waals surface area contributed by atoms with Crippen molar-refractivity contribution in [3.05, 3.63) is 72.1 Å². The number of unbranched alkanes of at least 4 members (excludes halogenated alkanes) is 2. The summed E-state index contributed by atoms with van der Waals surface area (Å²) in [6.07, 6.45) is -0.639. The number of aromatic nitrogens is 2. The van der Waals surface area contributed by atoms with Gasteiger partial charge in [-0.1, -0.05) is 24.3 Å². The van der Waals surface area contributed by atoms with Gasteiger partial charge in [0.1, 0.15) is 30.2 Å². The predicted molar refractivity (Wildman–Crippen MR) is 336 cm³/mol. The number of nitrogens with two attached hydrogens (primary N) is 1. The Morgan fingerprint density at radius 1 is 0.577 bits per heavy atom. The van der Waals surface area contributed by atoms with E-state index in [9.17, 15) is 101 Å². The number of halogens is 4. The summed E-state index contributed by atoms with van der Waals surface area (Å²) in [6, 6.07) is 6.58. The Kier molecular flexibility index (Phi) is 27.4. The molecular weight excluding hydrogens is 1300 g/mol. The van der Waals surface area contributed by atoms with Gasteiger partial charge >= 0.3 is 11.9 Å². The highest BCUT2D eigenvalue weighted by atomic mass is 32.1. The molecule has 2 saturated heterocycles. The highest BCUT2D eigenvalue weighted by Gasteiger charge is 2.48. The maximum absolute atomic E-state index is 14.0. The second kappa shape index (κ2) is 35.2. The lowest BCUT2D eigenvalue weighted by molar-refractivity contribution is -0.143. The molecule has 0 radical (unpaired) electrons. The molecule has 11 amide bonds. The normalized spacial score (nSPS) is 16.4. The molecule has 0 bridgehead atoms. The van der Waals surface area contributed by atoms with Gasteiger partial charge in [0.15, 0.2) is 0 Å². The number of anilines is 2. The zero-order valence-electron chi connectivity index (χ0n) is 51.8. The SMILES string of the molecule is N#C[C@@H]1CC(F)(F)CN1C(=O)CNC(=O)c1ccnc2c(NC(=O)CCC(=O)NCCCCC(NC(=O)CCC(=O)Nc3cccc4c(C(=O)NCC(=O)N5CC(F)(F)C[C@H]5C#N)ccnc34)C(=O)NCCCCC(N)C(=O)NC(CC(=O)O)C(=O)NC(CS)C(=O)O)cccc12. The van der Waals surface area contributed by atoms with E-state index in [0.717, 1.165) is 0 Å². The minimum Gasteiger partial charge on any atom is -0.481 e. The molecule has 2 fully saturated rings. The summed E-state index contributed by atoms with van der Waals surface area (Å²) in [5.74, 6) is -18.4. The number of pyridine rings is 2. The van der Waals surface area contributed by atoms with Crippen LogP contribution in [0, 0.1) is 22.7 Å². The zero-order valence-corrected chi connectivity index (χ0v) is 52.7. The maximum atomic E-state index is 14.0. The fraction of sp³-hybridized carbons (Fsp3) is 0.459. The van der Waals surface area contributed by atoms with Gasteiger partial charge in [0.25, 0.3) is 23.7 Å². The standard InChI is InChI=1S/C61H70F4N16O15S/c62-60(63)24-33(26-66)80(31-60)49(86)28-73-54(90)37-17-21-70-52-35(37)7-5-11-40(52)75-46(83)14-13-45(82)69-19-4-2-10-42(57(93)72-20-3-1-9-39(68)56(92)78-43(23-51(88)89)58(94)79-44(30-97)59(95)96)77-48(85)16-15-47(84)76-41-12-6-8-36-38(18-22-71-53(36)41)55(91)74-29-50(87)81-32-61(64,65)25-34(81)27-67/h5-8,11-12,17-18,21-22,33-34,39,42-44,97H,1-4,9-10,13-16,19-20,23-25,28-32,68H2,(H,69,82)(H,72,93)(H,73,90)(H,74,91)(H,75,83)(H,76,84)(H,77,85)(H,78,92)(H,79,94)(H,88,89)(H,95,96)/t33-,34-,39?,42?,43?,44?/m0/s1. The molecule has 97 heavy (non-hydrogen) atoms. The summed E-state index contributed by atoms with van der Waals surface area (Å²) >= 11 is 3.85. The average Bonchev–Trinajstić information content (AvgIpc) is 1.62. The molecule has 2 aliphatic heterocycles. The number of carboxylic acid groups (broad SMARTS) is 2. The molecule has 518 valence electrons. The third kappa shape index (κ3) is 22.2. The number of aliphatic carboxylic acids is 2. The van der Waals surface area contributed by atoms with E-state index in [4.69, 9.17) is 5.73 Å². The van der Waals surface area contributed by atoms with Crippen molar-refractivity contribution in [2.45, 2.75) is 132 Å². The number of amides is 11. The molecule has 0 saturated carbocycles. The Labute approximate surface area is 555 Å². The number of benzene rings is 2. The number of rotatable bonds is 34. The molecule has 6 atom stereocenters. The highest BCUT2D eigenvalue weighted by Crippen LogP contribution is 2.33. The van der Waals surface area contributed by atoms with Gasteiger partial charge in [-0.15, -0.1) is 0 Å². The molecule has 2 aliphatic rings. The van der Waals surface area contributed by atoms with Crippen molar-refractivity contribution in [1.29, 1.82) is 10.5 Å². The van der Waals surface area contributed by atoms with Gasteiger partial charge in [-0.3, -0.25) is 67.5 Å². The van der Waals surface area contributed by atoms with E-state index in [1.54, 1.807) is 12.1 Å². The number of hydrogen-bond donors (Lipinski definition) is 13. The topological polar surface area (TPSA) is 476 Å². The number of hydrogen-bond acceptors (Lipinski definition) is 19. The number of carbonyl (C=O) groups excluding carboxylic acids is 11. The molecule has 36 heteroatoms. The second-order valence-electron chi connectivity index (χ2n) is 22.6. The van der Waals surface area contributed by atoms with E-state index < -0.39 is 183 Å². The van der Waals surface area contributed by atoms with Crippen LogP contribution in [-0.4, -0.2) is 200 Å². The van der Waals surface area contributed by atoms with E-state index in [1.807, 2.05) is 0 Å². The number of nitrogens with zero attached hydrogens (tertiary/aromatic N) is 6. The minimum absolute atomic E-state index is 0.000645. The molecule has 13 N–H and O–H groups in total. The highest BCUT2D eigenvalue weighted by molar-refractivity contribution is 7.80. The van der Waals surface area contributed by atoms with Crippen molar-refractivity contribution in [1.82, 2.24) is 57.0 Å². The van der Waals surface area contributed by atoms with Crippen LogP contribution < -0.4 is 53.6 Å². The number of alkyl halides is 4. The Hall–Kier alpha value is -10.6. The first-order chi connectivity index (χ1) is 46.0. The van der Waals surface area contributed by atoms with E-state index in [0.29, 0.717) is 9.80 Å². The number of thiol groups is 1. The molecular formula is C61H70F4N16O15S. The third-order valence-electron chi connectivity index (χ3n) is 15.3. The van der Waals surface area contributed by atoms with Crippen LogP contribution in [0.3, 0.4) is 0 Å².